The van der Waals surface area contributed by atoms with Gasteiger partial charge in [-0.25, -0.2) is 9.78 Å². The Labute approximate surface area is 147 Å². The molecule has 6 nitrogen and oxygen atoms in total. The average Bonchev–Trinajstić information content (AvgIpc) is 2.62. The maximum atomic E-state index is 12.5. The number of carbonyl (C=O) groups is 2. The van der Waals surface area contributed by atoms with Crippen LogP contribution in [0.5, 0.6) is 0 Å². The molecule has 0 saturated carbocycles. The number of piperazine rings is 1. The number of aromatic carboxylic acids is 1. The molecule has 0 spiro atoms. The minimum absolute atomic E-state index is 0.0244. The molecule has 1 amide bonds. The standard InChI is InChI=1S/C17H16BrN3O3/c18-14-4-1-12(2-5-14)16(22)21-9-7-20(8-10-21)15-6-3-13(11-19-15)17(23)24/h1-6,11H,7-10H2,(H,23,24). The van der Waals surface area contributed by atoms with E-state index >= 15 is 0 Å². The second-order valence-electron chi connectivity index (χ2n) is 5.50. The molecule has 0 atom stereocenters. The van der Waals surface area contributed by atoms with E-state index in [0.717, 1.165) is 10.3 Å². The molecule has 0 radical (unpaired) electrons. The number of hydrogen-bond acceptors (Lipinski definition) is 4. The van der Waals surface area contributed by atoms with Crippen molar-refractivity contribution in [3.8, 4) is 0 Å². The SMILES string of the molecule is O=C(O)c1ccc(N2CCN(C(=O)c3ccc(Br)cc3)CC2)nc1. The van der Waals surface area contributed by atoms with Gasteiger partial charge in [0.25, 0.3) is 5.91 Å². The zero-order valence-electron chi connectivity index (χ0n) is 12.9. The summed E-state index contributed by atoms with van der Waals surface area (Å²) in [6, 6.07) is 10.6. The summed E-state index contributed by atoms with van der Waals surface area (Å²) in [7, 11) is 0. The zero-order valence-corrected chi connectivity index (χ0v) is 14.4. The number of anilines is 1. The Balaban J connectivity index is 1.62. The Morgan fingerprint density at radius 2 is 1.58 bits per heavy atom. The van der Waals surface area contributed by atoms with Gasteiger partial charge in [0.2, 0.25) is 0 Å². The van der Waals surface area contributed by atoms with E-state index in [2.05, 4.69) is 25.8 Å². The highest BCUT2D eigenvalue weighted by atomic mass is 79.9. The summed E-state index contributed by atoms with van der Waals surface area (Å²) in [6.45, 7) is 2.55. The van der Waals surface area contributed by atoms with Gasteiger partial charge < -0.3 is 14.9 Å². The van der Waals surface area contributed by atoms with Gasteiger partial charge in [-0.15, -0.1) is 0 Å². The molecule has 1 N–H and O–H groups in total. The summed E-state index contributed by atoms with van der Waals surface area (Å²) < 4.78 is 0.944. The summed E-state index contributed by atoms with van der Waals surface area (Å²) in [5.41, 5.74) is 0.846. The van der Waals surface area contributed by atoms with E-state index in [1.807, 2.05) is 29.2 Å². The number of hydrogen-bond donors (Lipinski definition) is 1. The molecule has 3 rings (SSSR count). The average molecular weight is 390 g/mol. The molecule has 1 saturated heterocycles. The number of halogens is 1. The highest BCUT2D eigenvalue weighted by Gasteiger charge is 2.22. The summed E-state index contributed by atoms with van der Waals surface area (Å²) in [5, 5.41) is 8.91. The predicted octanol–water partition coefficient (Wildman–Crippen LogP) is 2.50. The predicted molar refractivity (Wildman–Crippen MR) is 93.5 cm³/mol. The molecule has 0 aliphatic carbocycles. The van der Waals surface area contributed by atoms with E-state index in [4.69, 9.17) is 5.11 Å². The largest absolute Gasteiger partial charge is 0.478 e. The Morgan fingerprint density at radius 3 is 2.12 bits per heavy atom. The minimum atomic E-state index is -0.987. The van der Waals surface area contributed by atoms with Crippen LogP contribution in [0.25, 0.3) is 0 Å². The third-order valence-electron chi connectivity index (χ3n) is 3.98. The van der Waals surface area contributed by atoms with Crippen molar-refractivity contribution in [2.24, 2.45) is 0 Å². The first-order chi connectivity index (χ1) is 11.5. The smallest absolute Gasteiger partial charge is 0.337 e. The number of pyridine rings is 1. The van der Waals surface area contributed by atoms with Crippen molar-refractivity contribution in [3.63, 3.8) is 0 Å². The minimum Gasteiger partial charge on any atom is -0.478 e. The second-order valence-corrected chi connectivity index (χ2v) is 6.41. The zero-order chi connectivity index (χ0) is 17.1. The topological polar surface area (TPSA) is 73.7 Å². The van der Waals surface area contributed by atoms with Crippen LogP contribution in [-0.4, -0.2) is 53.0 Å². The van der Waals surface area contributed by atoms with Crippen LogP contribution < -0.4 is 4.90 Å². The third kappa shape index (κ3) is 3.56. The van der Waals surface area contributed by atoms with Crippen molar-refractivity contribution < 1.29 is 14.7 Å². The van der Waals surface area contributed by atoms with Crippen LogP contribution >= 0.6 is 15.9 Å². The summed E-state index contributed by atoms with van der Waals surface area (Å²) in [6.07, 6.45) is 1.36. The van der Waals surface area contributed by atoms with Gasteiger partial charge in [-0.05, 0) is 36.4 Å². The summed E-state index contributed by atoms with van der Waals surface area (Å²) in [5.74, 6) is -0.231. The second kappa shape index (κ2) is 7.00. The lowest BCUT2D eigenvalue weighted by Gasteiger charge is -2.35. The number of carboxylic acid groups (broad SMARTS) is 1. The van der Waals surface area contributed by atoms with Gasteiger partial charge >= 0.3 is 5.97 Å². The van der Waals surface area contributed by atoms with Crippen LogP contribution in [0.3, 0.4) is 0 Å². The Kier molecular flexibility index (Phi) is 4.80. The van der Waals surface area contributed by atoms with Gasteiger partial charge in [0, 0.05) is 42.4 Å². The lowest BCUT2D eigenvalue weighted by molar-refractivity contribution is 0.0694. The first-order valence-corrected chi connectivity index (χ1v) is 8.33. The molecule has 1 aliphatic heterocycles. The third-order valence-corrected chi connectivity index (χ3v) is 4.51. The fraction of sp³-hybridized carbons (Fsp3) is 0.235. The van der Waals surface area contributed by atoms with Crippen LogP contribution in [-0.2, 0) is 0 Å². The van der Waals surface area contributed by atoms with E-state index in [9.17, 15) is 9.59 Å². The van der Waals surface area contributed by atoms with Crippen LogP contribution in [0.15, 0.2) is 47.1 Å². The number of amides is 1. The fourth-order valence-electron chi connectivity index (χ4n) is 2.61. The van der Waals surface area contributed by atoms with Crippen molar-refractivity contribution in [3.05, 3.63) is 58.2 Å². The molecule has 124 valence electrons. The molecular formula is C17H16BrN3O3. The van der Waals surface area contributed by atoms with Gasteiger partial charge in [0.05, 0.1) is 5.56 Å². The van der Waals surface area contributed by atoms with Crippen molar-refractivity contribution in [2.45, 2.75) is 0 Å². The molecule has 1 aromatic heterocycles. The lowest BCUT2D eigenvalue weighted by Crippen LogP contribution is -2.49. The van der Waals surface area contributed by atoms with Crippen molar-refractivity contribution in [1.82, 2.24) is 9.88 Å². The Morgan fingerprint density at radius 1 is 0.958 bits per heavy atom. The van der Waals surface area contributed by atoms with Gasteiger partial charge in [-0.2, -0.15) is 0 Å². The molecule has 0 bridgehead atoms. The van der Waals surface area contributed by atoms with E-state index in [-0.39, 0.29) is 11.5 Å². The van der Waals surface area contributed by atoms with Gasteiger partial charge in [0.15, 0.2) is 0 Å². The van der Waals surface area contributed by atoms with E-state index in [1.165, 1.54) is 6.20 Å². The maximum absolute atomic E-state index is 12.5. The molecule has 24 heavy (non-hydrogen) atoms. The first kappa shape index (κ1) is 16.4. The summed E-state index contributed by atoms with van der Waals surface area (Å²) in [4.78, 5) is 31.4. The lowest BCUT2D eigenvalue weighted by atomic mass is 10.2. The van der Waals surface area contributed by atoms with Crippen LogP contribution in [0.2, 0.25) is 0 Å². The fourth-order valence-corrected chi connectivity index (χ4v) is 2.88. The number of benzene rings is 1. The van der Waals surface area contributed by atoms with Gasteiger partial charge in [-0.3, -0.25) is 4.79 Å². The molecule has 2 aromatic rings. The molecule has 7 heteroatoms. The quantitative estimate of drug-likeness (QED) is 0.872. The molecule has 1 fully saturated rings. The summed E-state index contributed by atoms with van der Waals surface area (Å²) >= 11 is 3.36. The molecule has 1 aromatic carbocycles. The van der Waals surface area contributed by atoms with E-state index in [0.29, 0.717) is 31.7 Å². The Bertz CT molecular complexity index is 739. The van der Waals surface area contributed by atoms with Crippen molar-refractivity contribution >= 4 is 33.6 Å². The molecule has 2 heterocycles. The number of carbonyl (C=O) groups excluding carboxylic acids is 1. The molecule has 1 aliphatic rings. The van der Waals surface area contributed by atoms with Gasteiger partial charge in [0.1, 0.15) is 5.82 Å². The van der Waals surface area contributed by atoms with Crippen LogP contribution in [0.1, 0.15) is 20.7 Å². The Hall–Kier alpha value is -2.41. The van der Waals surface area contributed by atoms with Crippen molar-refractivity contribution in [1.29, 1.82) is 0 Å². The van der Waals surface area contributed by atoms with Crippen molar-refractivity contribution in [2.75, 3.05) is 31.1 Å². The molecular weight excluding hydrogens is 374 g/mol. The monoisotopic (exact) mass is 389 g/mol. The van der Waals surface area contributed by atoms with E-state index < -0.39 is 5.97 Å². The first-order valence-electron chi connectivity index (χ1n) is 7.54. The number of aromatic nitrogens is 1. The normalized spacial score (nSPS) is 14.5. The van der Waals surface area contributed by atoms with E-state index in [1.54, 1.807) is 12.1 Å². The van der Waals surface area contributed by atoms with Crippen LogP contribution in [0.4, 0.5) is 5.82 Å². The number of rotatable bonds is 3. The van der Waals surface area contributed by atoms with Gasteiger partial charge in [-0.1, -0.05) is 15.9 Å². The number of nitrogens with zero attached hydrogens (tertiary/aromatic N) is 3. The number of carboxylic acids is 1. The maximum Gasteiger partial charge on any atom is 0.337 e. The molecule has 0 unspecified atom stereocenters. The van der Waals surface area contributed by atoms with Crippen LogP contribution in [0, 0.1) is 0 Å². The highest BCUT2D eigenvalue weighted by molar-refractivity contribution is 9.10. The highest BCUT2D eigenvalue weighted by Crippen LogP contribution is 2.17.